The Bertz CT molecular complexity index is 234. The molecule has 0 N–H and O–H groups in total. The molecule has 1 fully saturated rings. The van der Waals surface area contributed by atoms with E-state index in [0.29, 0.717) is 11.5 Å². The van der Waals surface area contributed by atoms with E-state index in [2.05, 4.69) is 31.7 Å². The lowest BCUT2D eigenvalue weighted by Gasteiger charge is -2.40. The third-order valence-electron chi connectivity index (χ3n) is 3.20. The standard InChI is InChI=1S/C13H24N2/c1-11(10-14)15-8-6-5-7-12(15)9-13(2,3)4/h11-12H,5-9H2,1-4H3. The van der Waals surface area contributed by atoms with E-state index in [1.54, 1.807) is 0 Å². The fourth-order valence-corrected chi connectivity index (χ4v) is 2.53. The largest absolute Gasteiger partial charge is 0.285 e. The van der Waals surface area contributed by atoms with Crippen molar-refractivity contribution in [3.8, 4) is 6.07 Å². The molecular formula is C13H24N2. The van der Waals surface area contributed by atoms with Crippen molar-refractivity contribution in [2.45, 2.75) is 65.5 Å². The minimum Gasteiger partial charge on any atom is -0.285 e. The number of nitrogens with zero attached hydrogens (tertiary/aromatic N) is 2. The molecule has 0 aromatic heterocycles. The van der Waals surface area contributed by atoms with Gasteiger partial charge >= 0.3 is 0 Å². The van der Waals surface area contributed by atoms with Crippen LogP contribution in [0.3, 0.4) is 0 Å². The van der Waals surface area contributed by atoms with Gasteiger partial charge in [-0.3, -0.25) is 4.90 Å². The first-order chi connectivity index (χ1) is 6.94. The van der Waals surface area contributed by atoms with E-state index in [0.717, 1.165) is 6.54 Å². The second-order valence-electron chi connectivity index (χ2n) is 5.96. The van der Waals surface area contributed by atoms with E-state index in [9.17, 15) is 0 Å². The van der Waals surface area contributed by atoms with Gasteiger partial charge in [-0.2, -0.15) is 5.26 Å². The van der Waals surface area contributed by atoms with Crippen LogP contribution in [0.15, 0.2) is 0 Å². The molecule has 1 saturated heterocycles. The lowest BCUT2D eigenvalue weighted by Crippen LogP contribution is -2.46. The van der Waals surface area contributed by atoms with E-state index in [1.807, 2.05) is 6.92 Å². The number of hydrogen-bond acceptors (Lipinski definition) is 2. The van der Waals surface area contributed by atoms with Crippen LogP contribution >= 0.6 is 0 Å². The van der Waals surface area contributed by atoms with Crippen LogP contribution in [0.25, 0.3) is 0 Å². The predicted molar refractivity (Wildman–Crippen MR) is 63.5 cm³/mol. The second kappa shape index (κ2) is 4.99. The van der Waals surface area contributed by atoms with Crippen molar-refractivity contribution in [1.82, 2.24) is 4.90 Å². The van der Waals surface area contributed by atoms with Crippen molar-refractivity contribution in [2.24, 2.45) is 5.41 Å². The molecule has 1 aliphatic heterocycles. The summed E-state index contributed by atoms with van der Waals surface area (Å²) in [7, 11) is 0. The van der Waals surface area contributed by atoms with E-state index >= 15 is 0 Å². The molecule has 0 aromatic rings. The molecule has 2 atom stereocenters. The van der Waals surface area contributed by atoms with Crippen LogP contribution in [0.4, 0.5) is 0 Å². The summed E-state index contributed by atoms with van der Waals surface area (Å²) >= 11 is 0. The van der Waals surface area contributed by atoms with Gasteiger partial charge in [0.2, 0.25) is 0 Å². The van der Waals surface area contributed by atoms with Gasteiger partial charge < -0.3 is 0 Å². The lowest BCUT2D eigenvalue weighted by molar-refractivity contribution is 0.0933. The maximum absolute atomic E-state index is 9.01. The van der Waals surface area contributed by atoms with Crippen LogP contribution in [0.5, 0.6) is 0 Å². The van der Waals surface area contributed by atoms with Gasteiger partial charge in [0.15, 0.2) is 0 Å². The van der Waals surface area contributed by atoms with E-state index in [4.69, 9.17) is 5.26 Å². The molecule has 0 amide bonds. The zero-order valence-electron chi connectivity index (χ0n) is 10.6. The zero-order chi connectivity index (χ0) is 11.5. The summed E-state index contributed by atoms with van der Waals surface area (Å²) in [4.78, 5) is 2.40. The molecule has 2 heteroatoms. The van der Waals surface area contributed by atoms with Gasteiger partial charge in [0.05, 0.1) is 12.1 Å². The van der Waals surface area contributed by atoms with Gasteiger partial charge in [-0.15, -0.1) is 0 Å². The maximum Gasteiger partial charge on any atom is 0.0951 e. The Labute approximate surface area is 94.3 Å². The first-order valence-corrected chi connectivity index (χ1v) is 6.09. The summed E-state index contributed by atoms with van der Waals surface area (Å²) in [5.41, 5.74) is 0.370. The molecule has 15 heavy (non-hydrogen) atoms. The van der Waals surface area contributed by atoms with Crippen molar-refractivity contribution in [3.05, 3.63) is 0 Å². The third kappa shape index (κ3) is 3.83. The Morgan fingerprint density at radius 2 is 2.07 bits per heavy atom. The molecule has 1 rings (SSSR count). The van der Waals surface area contributed by atoms with Crippen molar-refractivity contribution >= 4 is 0 Å². The Kier molecular flexibility index (Phi) is 4.16. The van der Waals surface area contributed by atoms with Gasteiger partial charge in [-0.05, 0) is 38.1 Å². The summed E-state index contributed by atoms with van der Waals surface area (Å²) < 4.78 is 0. The van der Waals surface area contributed by atoms with Crippen molar-refractivity contribution < 1.29 is 0 Å². The van der Waals surface area contributed by atoms with Crippen LogP contribution in [0.2, 0.25) is 0 Å². The molecule has 2 nitrogen and oxygen atoms in total. The number of nitriles is 1. The van der Waals surface area contributed by atoms with E-state index in [1.165, 1.54) is 25.7 Å². The predicted octanol–water partition coefficient (Wildman–Crippen LogP) is 3.19. The van der Waals surface area contributed by atoms with Gasteiger partial charge in [0, 0.05) is 6.04 Å². The Morgan fingerprint density at radius 3 is 2.60 bits per heavy atom. The Balaban J connectivity index is 2.62. The van der Waals surface area contributed by atoms with Crippen molar-refractivity contribution in [1.29, 1.82) is 5.26 Å². The molecule has 2 unspecified atom stereocenters. The fraction of sp³-hybridized carbons (Fsp3) is 0.923. The molecule has 1 aliphatic rings. The number of likely N-dealkylation sites (tertiary alicyclic amines) is 1. The highest BCUT2D eigenvalue weighted by Crippen LogP contribution is 2.30. The smallest absolute Gasteiger partial charge is 0.0951 e. The maximum atomic E-state index is 9.01. The normalized spacial score (nSPS) is 25.9. The molecular weight excluding hydrogens is 184 g/mol. The first-order valence-electron chi connectivity index (χ1n) is 6.09. The Hall–Kier alpha value is -0.550. The van der Waals surface area contributed by atoms with Gasteiger partial charge in [-0.1, -0.05) is 27.2 Å². The topological polar surface area (TPSA) is 27.0 Å². The van der Waals surface area contributed by atoms with E-state index < -0.39 is 0 Å². The minimum absolute atomic E-state index is 0.0812. The monoisotopic (exact) mass is 208 g/mol. The van der Waals surface area contributed by atoms with Gasteiger partial charge in [0.25, 0.3) is 0 Å². The third-order valence-corrected chi connectivity index (χ3v) is 3.20. The summed E-state index contributed by atoms with van der Waals surface area (Å²) in [5.74, 6) is 0. The van der Waals surface area contributed by atoms with Crippen molar-refractivity contribution in [2.75, 3.05) is 6.54 Å². The molecule has 0 aromatic carbocycles. The summed E-state index contributed by atoms with van der Waals surface area (Å²) in [5, 5.41) is 9.01. The first kappa shape index (κ1) is 12.5. The number of piperidine rings is 1. The molecule has 0 radical (unpaired) electrons. The molecule has 86 valence electrons. The molecule has 0 saturated carbocycles. The van der Waals surface area contributed by atoms with Crippen LogP contribution in [-0.4, -0.2) is 23.5 Å². The lowest BCUT2D eigenvalue weighted by atomic mass is 9.84. The highest BCUT2D eigenvalue weighted by Gasteiger charge is 2.29. The fourth-order valence-electron chi connectivity index (χ4n) is 2.53. The summed E-state index contributed by atoms with van der Waals surface area (Å²) in [6.07, 6.45) is 5.06. The molecule has 0 aliphatic carbocycles. The SMILES string of the molecule is CC(C#N)N1CCCCC1CC(C)(C)C. The average Bonchev–Trinajstić information content (AvgIpc) is 2.15. The second-order valence-corrected chi connectivity index (χ2v) is 5.96. The minimum atomic E-state index is 0.0812. The average molecular weight is 208 g/mol. The number of rotatable bonds is 2. The quantitative estimate of drug-likeness (QED) is 0.697. The van der Waals surface area contributed by atoms with Crippen LogP contribution in [0.1, 0.15) is 53.4 Å². The highest BCUT2D eigenvalue weighted by atomic mass is 15.2. The summed E-state index contributed by atoms with van der Waals surface area (Å²) in [6.45, 7) is 10.0. The van der Waals surface area contributed by atoms with Crippen LogP contribution in [0, 0.1) is 16.7 Å². The van der Waals surface area contributed by atoms with E-state index in [-0.39, 0.29) is 6.04 Å². The Morgan fingerprint density at radius 1 is 1.40 bits per heavy atom. The van der Waals surface area contributed by atoms with Crippen LogP contribution in [-0.2, 0) is 0 Å². The highest BCUT2D eigenvalue weighted by molar-refractivity contribution is 4.93. The number of hydrogen-bond donors (Lipinski definition) is 0. The molecule has 0 spiro atoms. The molecule has 1 heterocycles. The van der Waals surface area contributed by atoms with Crippen molar-refractivity contribution in [3.63, 3.8) is 0 Å². The van der Waals surface area contributed by atoms with Gasteiger partial charge in [0.1, 0.15) is 0 Å². The summed E-state index contributed by atoms with van der Waals surface area (Å²) in [6, 6.07) is 3.08. The van der Waals surface area contributed by atoms with Crippen LogP contribution < -0.4 is 0 Å². The molecule has 0 bridgehead atoms. The zero-order valence-corrected chi connectivity index (χ0v) is 10.6. The van der Waals surface area contributed by atoms with Gasteiger partial charge in [-0.25, -0.2) is 0 Å².